The summed E-state index contributed by atoms with van der Waals surface area (Å²) < 4.78 is 0. The number of hydrogen-bond acceptors (Lipinski definition) is 2. The molecule has 0 rings (SSSR count). The Bertz CT molecular complexity index is 121. The molecule has 0 amide bonds. The first kappa shape index (κ1) is 10.4. The highest BCUT2D eigenvalue weighted by Crippen LogP contribution is 2.11. The van der Waals surface area contributed by atoms with Crippen molar-refractivity contribution in [3.63, 3.8) is 0 Å². The van der Waals surface area contributed by atoms with Gasteiger partial charge in [0.25, 0.3) is 0 Å². The maximum atomic E-state index is 10.4. The zero-order valence-electron chi connectivity index (χ0n) is 7.08. The molecule has 66 valence electrons. The van der Waals surface area contributed by atoms with E-state index in [0.717, 1.165) is 6.42 Å². The predicted molar refractivity (Wildman–Crippen MR) is 42.3 cm³/mol. The maximum Gasteiger partial charge on any atom is 0.308 e. The van der Waals surface area contributed by atoms with Crippen LogP contribution in [0.1, 0.15) is 26.7 Å². The first-order chi connectivity index (χ1) is 5.07. The second-order valence-corrected chi connectivity index (χ2v) is 3.19. The third-order valence-corrected chi connectivity index (χ3v) is 1.66. The zero-order chi connectivity index (χ0) is 8.85. The topological polar surface area (TPSA) is 57.5 Å². The third kappa shape index (κ3) is 4.79. The number of carbonyl (C=O) groups is 1. The molecule has 0 saturated carbocycles. The van der Waals surface area contributed by atoms with Gasteiger partial charge in [0.2, 0.25) is 0 Å². The van der Waals surface area contributed by atoms with Gasteiger partial charge in [-0.3, -0.25) is 4.79 Å². The first-order valence-corrected chi connectivity index (χ1v) is 3.91. The molecule has 0 aromatic rings. The Balaban J connectivity index is 3.61. The van der Waals surface area contributed by atoms with Crippen LogP contribution in [0.15, 0.2) is 0 Å². The minimum absolute atomic E-state index is 0.248. The van der Waals surface area contributed by atoms with Crippen molar-refractivity contribution in [1.82, 2.24) is 0 Å². The van der Waals surface area contributed by atoms with E-state index < -0.39 is 11.9 Å². The van der Waals surface area contributed by atoms with Crippen LogP contribution in [0.4, 0.5) is 0 Å². The van der Waals surface area contributed by atoms with E-state index >= 15 is 0 Å². The number of aliphatic carboxylic acids is 1. The average Bonchev–Trinajstić information content (AvgIpc) is 1.87. The Morgan fingerprint density at radius 2 is 1.91 bits per heavy atom. The van der Waals surface area contributed by atoms with E-state index in [4.69, 9.17) is 10.2 Å². The van der Waals surface area contributed by atoms with Crippen LogP contribution in [0.3, 0.4) is 0 Å². The lowest BCUT2D eigenvalue weighted by Crippen LogP contribution is -2.18. The summed E-state index contributed by atoms with van der Waals surface area (Å²) in [5, 5.41) is 17.2. The third-order valence-electron chi connectivity index (χ3n) is 1.66. The molecule has 0 aliphatic carbocycles. The second kappa shape index (κ2) is 5.13. The molecule has 0 aromatic heterocycles. The number of carboxylic acids is 1. The summed E-state index contributed by atoms with van der Waals surface area (Å²) in [5.74, 6) is -0.964. The van der Waals surface area contributed by atoms with Crippen LogP contribution >= 0.6 is 0 Å². The SMILES string of the molecule is CC(C)CCC(CO)C(=O)O. The van der Waals surface area contributed by atoms with Gasteiger partial charge in [-0.25, -0.2) is 0 Å². The molecular weight excluding hydrogens is 144 g/mol. The van der Waals surface area contributed by atoms with E-state index in [0.29, 0.717) is 12.3 Å². The molecule has 0 saturated heterocycles. The van der Waals surface area contributed by atoms with E-state index in [-0.39, 0.29) is 6.61 Å². The molecule has 0 heterocycles. The van der Waals surface area contributed by atoms with Gasteiger partial charge in [-0.2, -0.15) is 0 Å². The number of aliphatic hydroxyl groups excluding tert-OH is 1. The molecule has 3 heteroatoms. The van der Waals surface area contributed by atoms with Gasteiger partial charge in [-0.1, -0.05) is 20.3 Å². The lowest BCUT2D eigenvalue weighted by molar-refractivity contribution is -0.143. The van der Waals surface area contributed by atoms with E-state index in [9.17, 15) is 4.79 Å². The van der Waals surface area contributed by atoms with Crippen LogP contribution in [-0.2, 0) is 4.79 Å². The Kier molecular flexibility index (Phi) is 4.86. The minimum atomic E-state index is -0.895. The van der Waals surface area contributed by atoms with E-state index in [1.807, 2.05) is 13.8 Å². The Labute approximate surface area is 67.0 Å². The van der Waals surface area contributed by atoms with Crippen molar-refractivity contribution in [1.29, 1.82) is 0 Å². The van der Waals surface area contributed by atoms with Gasteiger partial charge in [0.15, 0.2) is 0 Å². The lowest BCUT2D eigenvalue weighted by atomic mass is 9.99. The summed E-state index contributed by atoms with van der Waals surface area (Å²) >= 11 is 0. The van der Waals surface area contributed by atoms with Gasteiger partial charge in [-0.15, -0.1) is 0 Å². The molecule has 1 atom stereocenters. The number of carboxylic acid groups (broad SMARTS) is 1. The number of hydrogen-bond donors (Lipinski definition) is 2. The highest BCUT2D eigenvalue weighted by Gasteiger charge is 2.15. The van der Waals surface area contributed by atoms with Crippen molar-refractivity contribution in [2.45, 2.75) is 26.7 Å². The molecule has 3 nitrogen and oxygen atoms in total. The van der Waals surface area contributed by atoms with Crippen molar-refractivity contribution in [2.75, 3.05) is 6.61 Å². The summed E-state index contributed by atoms with van der Waals surface area (Å²) in [7, 11) is 0. The molecule has 0 aromatic carbocycles. The molecule has 0 aliphatic heterocycles. The fraction of sp³-hybridized carbons (Fsp3) is 0.875. The van der Waals surface area contributed by atoms with Crippen molar-refractivity contribution < 1.29 is 15.0 Å². The highest BCUT2D eigenvalue weighted by molar-refractivity contribution is 5.69. The van der Waals surface area contributed by atoms with Gasteiger partial charge in [0.05, 0.1) is 12.5 Å². The average molecular weight is 160 g/mol. The predicted octanol–water partition coefficient (Wildman–Crippen LogP) is 1.12. The van der Waals surface area contributed by atoms with E-state index in [1.54, 1.807) is 0 Å². The molecule has 2 N–H and O–H groups in total. The Morgan fingerprint density at radius 3 is 2.18 bits per heavy atom. The van der Waals surface area contributed by atoms with Crippen LogP contribution in [0, 0.1) is 11.8 Å². The second-order valence-electron chi connectivity index (χ2n) is 3.19. The molecule has 0 spiro atoms. The van der Waals surface area contributed by atoms with Gasteiger partial charge in [-0.05, 0) is 12.3 Å². The Morgan fingerprint density at radius 1 is 1.36 bits per heavy atom. The van der Waals surface area contributed by atoms with Gasteiger partial charge in [0.1, 0.15) is 0 Å². The van der Waals surface area contributed by atoms with Crippen LogP contribution < -0.4 is 0 Å². The van der Waals surface area contributed by atoms with Gasteiger partial charge < -0.3 is 10.2 Å². The molecule has 0 bridgehead atoms. The number of aliphatic hydroxyl groups is 1. The van der Waals surface area contributed by atoms with E-state index in [1.165, 1.54) is 0 Å². The number of rotatable bonds is 5. The van der Waals surface area contributed by atoms with Gasteiger partial charge in [0, 0.05) is 0 Å². The standard InChI is InChI=1S/C8H16O3/c1-6(2)3-4-7(5-9)8(10)11/h6-7,9H,3-5H2,1-2H3,(H,10,11). The highest BCUT2D eigenvalue weighted by atomic mass is 16.4. The molecule has 11 heavy (non-hydrogen) atoms. The lowest BCUT2D eigenvalue weighted by Gasteiger charge is -2.09. The van der Waals surface area contributed by atoms with Crippen LogP contribution in [0.2, 0.25) is 0 Å². The smallest absolute Gasteiger partial charge is 0.308 e. The molecule has 1 unspecified atom stereocenters. The largest absolute Gasteiger partial charge is 0.481 e. The summed E-state index contributed by atoms with van der Waals surface area (Å²) in [4.78, 5) is 10.4. The molecular formula is C8H16O3. The van der Waals surface area contributed by atoms with Crippen LogP contribution in [-0.4, -0.2) is 22.8 Å². The summed E-state index contributed by atoms with van der Waals surface area (Å²) in [5.41, 5.74) is 0. The monoisotopic (exact) mass is 160 g/mol. The maximum absolute atomic E-state index is 10.4. The summed E-state index contributed by atoms with van der Waals surface area (Å²) in [6, 6.07) is 0. The fourth-order valence-corrected chi connectivity index (χ4v) is 0.827. The van der Waals surface area contributed by atoms with Crippen molar-refractivity contribution in [3.8, 4) is 0 Å². The van der Waals surface area contributed by atoms with Crippen molar-refractivity contribution in [3.05, 3.63) is 0 Å². The summed E-state index contributed by atoms with van der Waals surface area (Å²) in [6.45, 7) is 3.83. The quantitative estimate of drug-likeness (QED) is 0.633. The minimum Gasteiger partial charge on any atom is -0.481 e. The molecule has 0 fully saturated rings. The van der Waals surface area contributed by atoms with Crippen LogP contribution in [0.5, 0.6) is 0 Å². The molecule has 0 radical (unpaired) electrons. The van der Waals surface area contributed by atoms with E-state index in [2.05, 4.69) is 0 Å². The Hall–Kier alpha value is -0.570. The molecule has 0 aliphatic rings. The summed E-state index contributed by atoms with van der Waals surface area (Å²) in [6.07, 6.45) is 1.43. The van der Waals surface area contributed by atoms with Crippen molar-refractivity contribution in [2.24, 2.45) is 11.8 Å². The zero-order valence-corrected chi connectivity index (χ0v) is 7.08. The first-order valence-electron chi connectivity index (χ1n) is 3.91. The van der Waals surface area contributed by atoms with Gasteiger partial charge >= 0.3 is 5.97 Å². The fourth-order valence-electron chi connectivity index (χ4n) is 0.827. The normalized spacial score (nSPS) is 13.5. The van der Waals surface area contributed by atoms with Crippen molar-refractivity contribution >= 4 is 5.97 Å². The van der Waals surface area contributed by atoms with Crippen LogP contribution in [0.25, 0.3) is 0 Å².